The van der Waals surface area contributed by atoms with Gasteiger partial charge < -0.3 is 0 Å². The van der Waals surface area contributed by atoms with Crippen LogP contribution in [0.15, 0.2) is 53.4 Å². The molecule has 0 bridgehead atoms. The summed E-state index contributed by atoms with van der Waals surface area (Å²) >= 11 is -5.84. The molecule has 0 aliphatic carbocycles. The molecular weight excluding hydrogens is 594 g/mol. The van der Waals surface area contributed by atoms with Crippen molar-refractivity contribution in [2.45, 2.75) is 40.7 Å². The molecule has 32 heavy (non-hydrogen) atoms. The van der Waals surface area contributed by atoms with E-state index in [4.69, 9.17) is 0 Å². The predicted molar refractivity (Wildman–Crippen MR) is 104 cm³/mol. The van der Waals surface area contributed by atoms with Gasteiger partial charge in [-0.1, -0.05) is 0 Å². The first-order valence-corrected chi connectivity index (χ1v) is 12.8. The van der Waals surface area contributed by atoms with Crippen molar-refractivity contribution in [1.29, 1.82) is 0 Å². The molecule has 2 rings (SSSR count). The van der Waals surface area contributed by atoms with E-state index in [-0.39, 0.29) is 5.56 Å². The summed E-state index contributed by atoms with van der Waals surface area (Å²) < 4.78 is 145. The van der Waals surface area contributed by atoms with Crippen LogP contribution in [0.4, 0.5) is 39.5 Å². The van der Waals surface area contributed by atoms with Gasteiger partial charge >= 0.3 is 185 Å². The van der Waals surface area contributed by atoms with E-state index in [0.717, 1.165) is 37.3 Å². The first kappa shape index (κ1) is 26.7. The van der Waals surface area contributed by atoms with Gasteiger partial charge in [0.15, 0.2) is 0 Å². The monoisotopic (exact) mass is 608 g/mol. The molecule has 0 saturated heterocycles. The third-order valence-electron chi connectivity index (χ3n) is 4.04. The summed E-state index contributed by atoms with van der Waals surface area (Å²) in [7, 11) is -5.24. The number of hydrogen-bond acceptors (Lipinski definition) is 3. The molecule has 180 valence electrons. The van der Waals surface area contributed by atoms with Crippen LogP contribution in [0.25, 0.3) is 0 Å². The second-order valence-corrected chi connectivity index (χ2v) is 13.0. The molecule has 2 aromatic rings. The number of hydrogen-bond donors (Lipinski definition) is 0. The molecule has 0 spiro atoms. The van der Waals surface area contributed by atoms with Crippen LogP contribution in [-0.4, -0.2) is 30.4 Å². The normalized spacial score (nSPS) is 14.4. The molecule has 0 aliphatic rings. The number of rotatable bonds is 7. The van der Waals surface area contributed by atoms with Crippen LogP contribution in [0.2, 0.25) is 0 Å². The summed E-state index contributed by atoms with van der Waals surface area (Å²) in [6, 6.07) is 8.24. The third kappa shape index (κ3) is 4.71. The molecule has 0 heterocycles. The number of alkyl halides is 10. The van der Waals surface area contributed by atoms with E-state index in [1.807, 2.05) is 0 Å². The molecule has 0 aliphatic heterocycles. The van der Waals surface area contributed by atoms with Crippen molar-refractivity contribution in [2.24, 2.45) is 0 Å². The average Bonchev–Trinajstić information content (AvgIpc) is 2.66. The predicted octanol–water partition coefficient (Wildman–Crippen LogP) is 6.73. The SMILES string of the molecule is Cc1ccc(S(=O)(=O)OI(c2ccccc2C)C(F)(F)C(F)(F)C(F)(F)C(F)(F)F)cc1. The zero-order valence-corrected chi connectivity index (χ0v) is 19.0. The van der Waals surface area contributed by atoms with Gasteiger partial charge in [0.1, 0.15) is 0 Å². The molecule has 0 unspecified atom stereocenters. The molecule has 0 amide bonds. The van der Waals surface area contributed by atoms with E-state index < -0.39 is 60.8 Å². The van der Waals surface area contributed by atoms with Gasteiger partial charge in [-0.2, -0.15) is 0 Å². The Labute approximate surface area is 184 Å². The Balaban J connectivity index is 2.69. The van der Waals surface area contributed by atoms with Gasteiger partial charge in [-0.15, -0.1) is 0 Å². The number of benzene rings is 2. The van der Waals surface area contributed by atoms with Crippen LogP contribution in [0.1, 0.15) is 11.1 Å². The Morgan fingerprint density at radius 2 is 1.25 bits per heavy atom. The molecule has 3 nitrogen and oxygen atoms in total. The van der Waals surface area contributed by atoms with Gasteiger partial charge in [-0.3, -0.25) is 0 Å². The molecule has 0 saturated carbocycles. The van der Waals surface area contributed by atoms with Crippen LogP contribution in [0.5, 0.6) is 0 Å². The quantitative estimate of drug-likeness (QED) is 0.199. The van der Waals surface area contributed by atoms with E-state index in [1.165, 1.54) is 25.1 Å². The van der Waals surface area contributed by atoms with Crippen LogP contribution in [0, 0.1) is 17.4 Å². The van der Waals surface area contributed by atoms with Crippen LogP contribution < -0.4 is 0 Å². The molecule has 0 N–H and O–H groups in total. The van der Waals surface area contributed by atoms with E-state index in [2.05, 4.69) is 2.51 Å². The van der Waals surface area contributed by atoms with Crippen molar-refractivity contribution in [2.75, 3.05) is 0 Å². The van der Waals surface area contributed by atoms with Gasteiger partial charge in [-0.25, -0.2) is 0 Å². The topological polar surface area (TPSA) is 43.4 Å². The van der Waals surface area contributed by atoms with Crippen molar-refractivity contribution in [3.8, 4) is 0 Å². The molecule has 0 atom stereocenters. The van der Waals surface area contributed by atoms with Crippen LogP contribution in [-0.2, 0) is 12.6 Å². The van der Waals surface area contributed by atoms with Gasteiger partial charge in [0.2, 0.25) is 0 Å². The fourth-order valence-electron chi connectivity index (χ4n) is 2.23. The summed E-state index contributed by atoms with van der Waals surface area (Å²) in [5.41, 5.74) is 0.280. The Hall–Kier alpha value is -1.55. The molecule has 0 radical (unpaired) electrons. The van der Waals surface area contributed by atoms with Crippen molar-refractivity contribution < 1.29 is 50.4 Å². The van der Waals surface area contributed by atoms with Gasteiger partial charge in [0.25, 0.3) is 0 Å². The molecule has 14 heteroatoms. The van der Waals surface area contributed by atoms with Gasteiger partial charge in [0.05, 0.1) is 0 Å². The first-order valence-electron chi connectivity index (χ1n) is 8.34. The standard InChI is InChI=1S/C18H14F9IO3S/c1-11-7-9-13(10-8-11)32(29,30)31-28(14-6-4-3-5-12(14)2)18(26,27)16(21,22)15(19,20)17(23,24)25/h3-10H,1-2H3. The zero-order valence-electron chi connectivity index (χ0n) is 16.0. The van der Waals surface area contributed by atoms with E-state index in [1.54, 1.807) is 0 Å². The second-order valence-electron chi connectivity index (χ2n) is 6.47. The molecule has 0 fully saturated rings. The Morgan fingerprint density at radius 3 is 1.72 bits per heavy atom. The molecular formula is C18H14F9IO3S. The van der Waals surface area contributed by atoms with E-state index >= 15 is 0 Å². The first-order chi connectivity index (χ1) is 14.4. The molecule has 2 aromatic carbocycles. The number of aryl methyl sites for hydroxylation is 2. The third-order valence-corrected chi connectivity index (χ3v) is 11.9. The summed E-state index contributed by atoms with van der Waals surface area (Å²) in [6.45, 7) is 2.61. The van der Waals surface area contributed by atoms with Crippen molar-refractivity contribution in [1.82, 2.24) is 0 Å². The van der Waals surface area contributed by atoms with Gasteiger partial charge in [-0.05, 0) is 0 Å². The summed E-state index contributed by atoms with van der Waals surface area (Å²) in [5.74, 6) is -14.2. The Kier molecular flexibility index (Phi) is 7.23. The minimum absolute atomic E-state index is 0.248. The Morgan fingerprint density at radius 1 is 0.750 bits per heavy atom. The van der Waals surface area contributed by atoms with E-state index in [9.17, 15) is 47.9 Å². The van der Waals surface area contributed by atoms with Crippen molar-refractivity contribution >= 4 is 30.4 Å². The second kappa shape index (κ2) is 8.66. The fraction of sp³-hybridized carbons (Fsp3) is 0.333. The summed E-state index contributed by atoms with van der Waals surface area (Å²) in [5, 5.41) is 0. The molecule has 0 aromatic heterocycles. The Bertz CT molecular complexity index is 1070. The maximum absolute atomic E-state index is 14.8. The van der Waals surface area contributed by atoms with Crippen LogP contribution in [0.3, 0.4) is 0 Å². The van der Waals surface area contributed by atoms with E-state index in [0.29, 0.717) is 5.56 Å². The van der Waals surface area contributed by atoms with Crippen molar-refractivity contribution in [3.05, 3.63) is 63.2 Å². The zero-order chi connectivity index (χ0) is 24.8. The average molecular weight is 608 g/mol. The minimum atomic E-state index is -7.17. The fourth-order valence-corrected chi connectivity index (χ4v) is 9.56. The van der Waals surface area contributed by atoms with Gasteiger partial charge in [0, 0.05) is 0 Å². The maximum atomic E-state index is 14.8. The number of halogens is 10. The summed E-state index contributed by atoms with van der Waals surface area (Å²) in [4.78, 5) is -0.763. The van der Waals surface area contributed by atoms with Crippen molar-refractivity contribution in [3.63, 3.8) is 0 Å². The summed E-state index contributed by atoms with van der Waals surface area (Å²) in [6.07, 6.45) is -7.04. The van der Waals surface area contributed by atoms with Crippen LogP contribution >= 0.6 is 20.2 Å².